The van der Waals surface area contributed by atoms with Crippen molar-refractivity contribution in [1.82, 2.24) is 14.7 Å². The average Bonchev–Trinajstić information content (AvgIpc) is 2.92. The van der Waals surface area contributed by atoms with Crippen LogP contribution >= 0.6 is 0 Å². The number of hydrogen-bond donors (Lipinski definition) is 1. The van der Waals surface area contributed by atoms with E-state index in [2.05, 4.69) is 46.2 Å². The van der Waals surface area contributed by atoms with E-state index in [1.807, 2.05) is 11.0 Å². The van der Waals surface area contributed by atoms with Gasteiger partial charge in [-0.15, -0.1) is 0 Å². The summed E-state index contributed by atoms with van der Waals surface area (Å²) >= 11 is 0. The van der Waals surface area contributed by atoms with Gasteiger partial charge >= 0.3 is 0 Å². The lowest BCUT2D eigenvalue weighted by Gasteiger charge is -2.42. The van der Waals surface area contributed by atoms with E-state index in [-0.39, 0.29) is 11.8 Å². The second kappa shape index (κ2) is 11.6. The number of aryl methyl sites for hydroxylation is 2. The van der Waals surface area contributed by atoms with Crippen LogP contribution in [0.5, 0.6) is 0 Å². The Bertz CT molecular complexity index is 1050. The molecule has 0 bridgehead atoms. The fourth-order valence-electron chi connectivity index (χ4n) is 6.41. The first-order chi connectivity index (χ1) is 17.6. The molecule has 1 aliphatic carbocycles. The lowest BCUT2D eigenvalue weighted by Crippen LogP contribution is -2.54. The molecule has 2 fully saturated rings. The molecule has 0 atom stereocenters. The molecule has 2 aliphatic heterocycles. The summed E-state index contributed by atoms with van der Waals surface area (Å²) in [5, 5.41) is 0. The highest BCUT2D eigenvalue weighted by atomic mass is 16.2. The number of likely N-dealkylation sites (tertiary alicyclic amines) is 1. The van der Waals surface area contributed by atoms with Gasteiger partial charge in [-0.25, -0.2) is 0 Å². The van der Waals surface area contributed by atoms with Crippen LogP contribution in [0.4, 0.5) is 0 Å². The monoisotopic (exact) mass is 488 g/mol. The molecular formula is C30H40N4O2. The zero-order valence-corrected chi connectivity index (χ0v) is 21.5. The molecule has 2 aromatic rings. The van der Waals surface area contributed by atoms with E-state index in [1.54, 1.807) is 0 Å². The summed E-state index contributed by atoms with van der Waals surface area (Å²) in [4.78, 5) is 32.5. The van der Waals surface area contributed by atoms with Crippen LogP contribution in [0.15, 0.2) is 42.5 Å². The quantitative estimate of drug-likeness (QED) is 0.649. The number of amides is 2. The predicted octanol–water partition coefficient (Wildman–Crippen LogP) is 3.41. The Morgan fingerprint density at radius 3 is 2.31 bits per heavy atom. The molecule has 0 unspecified atom stereocenters. The summed E-state index contributed by atoms with van der Waals surface area (Å²) in [5.74, 6) is -0.153. The highest BCUT2D eigenvalue weighted by molar-refractivity contribution is 5.96. The molecule has 0 spiro atoms. The minimum Gasteiger partial charge on any atom is -0.366 e. The maximum Gasteiger partial charge on any atom is 0.249 e. The summed E-state index contributed by atoms with van der Waals surface area (Å²) in [7, 11) is 0. The maximum absolute atomic E-state index is 13.0. The van der Waals surface area contributed by atoms with Crippen LogP contribution in [0.3, 0.4) is 0 Å². The van der Waals surface area contributed by atoms with Crippen LogP contribution in [0.2, 0.25) is 0 Å². The predicted molar refractivity (Wildman–Crippen MR) is 143 cm³/mol. The number of benzene rings is 2. The zero-order valence-electron chi connectivity index (χ0n) is 21.5. The molecule has 3 aliphatic rings. The van der Waals surface area contributed by atoms with E-state index in [0.717, 1.165) is 76.2 Å². The van der Waals surface area contributed by atoms with E-state index in [1.165, 1.54) is 30.4 Å². The fourth-order valence-corrected chi connectivity index (χ4v) is 6.41. The Morgan fingerprint density at radius 1 is 0.861 bits per heavy atom. The van der Waals surface area contributed by atoms with Crippen LogP contribution in [0, 0.1) is 0 Å². The number of nitrogens with two attached hydrogens (primary N) is 1. The number of hydrogen-bond acceptors (Lipinski definition) is 4. The van der Waals surface area contributed by atoms with E-state index in [4.69, 9.17) is 5.73 Å². The molecular weight excluding hydrogens is 448 g/mol. The number of carbonyl (C=O) groups is 2. The van der Waals surface area contributed by atoms with Gasteiger partial charge in [0, 0.05) is 50.7 Å². The van der Waals surface area contributed by atoms with Crippen molar-refractivity contribution >= 4 is 11.8 Å². The first-order valence-corrected chi connectivity index (χ1v) is 13.8. The number of rotatable bonds is 7. The number of fused-ring (bicyclic) bond motifs is 1. The molecule has 6 heteroatoms. The smallest absolute Gasteiger partial charge is 0.249 e. The topological polar surface area (TPSA) is 69.9 Å². The average molecular weight is 489 g/mol. The van der Waals surface area contributed by atoms with Gasteiger partial charge in [-0.3, -0.25) is 19.4 Å². The lowest BCUT2D eigenvalue weighted by atomic mass is 9.84. The number of carbonyl (C=O) groups excluding carboxylic acids is 2. The van der Waals surface area contributed by atoms with Crippen molar-refractivity contribution in [3.05, 3.63) is 70.3 Å². The van der Waals surface area contributed by atoms with Crippen LogP contribution in [-0.4, -0.2) is 71.8 Å². The van der Waals surface area contributed by atoms with Crippen molar-refractivity contribution in [1.29, 1.82) is 0 Å². The highest BCUT2D eigenvalue weighted by Gasteiger charge is 2.29. The van der Waals surface area contributed by atoms with Crippen molar-refractivity contribution in [3.8, 4) is 0 Å². The Balaban J connectivity index is 1.08. The summed E-state index contributed by atoms with van der Waals surface area (Å²) in [6, 6.07) is 15.5. The van der Waals surface area contributed by atoms with Crippen LogP contribution < -0.4 is 5.73 Å². The number of nitrogens with zero attached hydrogens (tertiary/aromatic N) is 3. The minimum atomic E-state index is -0.348. The van der Waals surface area contributed by atoms with Gasteiger partial charge in [0.2, 0.25) is 11.8 Å². The summed E-state index contributed by atoms with van der Waals surface area (Å²) in [6.45, 7) is 6.84. The van der Waals surface area contributed by atoms with Crippen LogP contribution in [0.25, 0.3) is 0 Å². The third-order valence-corrected chi connectivity index (χ3v) is 8.46. The Hall–Kier alpha value is -2.70. The van der Waals surface area contributed by atoms with Gasteiger partial charge in [-0.1, -0.05) is 42.5 Å². The largest absolute Gasteiger partial charge is 0.366 e. The summed E-state index contributed by atoms with van der Waals surface area (Å²) in [6.07, 6.45) is 7.65. The lowest BCUT2D eigenvalue weighted by molar-refractivity contribution is -0.133. The maximum atomic E-state index is 13.0. The first-order valence-electron chi connectivity index (χ1n) is 13.8. The standard InChI is InChI=1S/C30H40N4O2/c31-30(36)29-25(11-10-24-8-4-5-9-27(24)29)12-13-28(35)34-20-18-33(19-21-34)26-14-16-32(17-15-26)22-23-6-2-1-3-7-23/h1-3,6-7,10-11,26H,4-5,8-9,12-22H2,(H2,31,36). The van der Waals surface area contributed by atoms with Crippen molar-refractivity contribution in [2.75, 3.05) is 39.3 Å². The first kappa shape index (κ1) is 25.0. The molecule has 2 amide bonds. The summed E-state index contributed by atoms with van der Waals surface area (Å²) < 4.78 is 0. The molecule has 6 nitrogen and oxygen atoms in total. The normalized spacial score (nSPS) is 19.7. The molecule has 2 heterocycles. The second-order valence-electron chi connectivity index (χ2n) is 10.7. The Morgan fingerprint density at radius 2 is 1.58 bits per heavy atom. The van der Waals surface area contributed by atoms with Gasteiger partial charge in [-0.2, -0.15) is 0 Å². The molecule has 0 aromatic heterocycles. The number of piperidine rings is 1. The van der Waals surface area contributed by atoms with Crippen LogP contribution in [0.1, 0.15) is 64.7 Å². The van der Waals surface area contributed by atoms with Crippen molar-refractivity contribution in [2.24, 2.45) is 5.73 Å². The molecule has 5 rings (SSSR count). The number of piperazine rings is 1. The van der Waals surface area contributed by atoms with Crippen molar-refractivity contribution in [3.63, 3.8) is 0 Å². The second-order valence-corrected chi connectivity index (χ2v) is 10.7. The van der Waals surface area contributed by atoms with E-state index in [0.29, 0.717) is 24.4 Å². The minimum absolute atomic E-state index is 0.195. The van der Waals surface area contributed by atoms with Crippen LogP contribution in [-0.2, 0) is 30.6 Å². The van der Waals surface area contributed by atoms with Gasteiger partial charge in [0.05, 0.1) is 0 Å². The highest BCUT2D eigenvalue weighted by Crippen LogP contribution is 2.28. The third-order valence-electron chi connectivity index (χ3n) is 8.46. The van der Waals surface area contributed by atoms with E-state index >= 15 is 0 Å². The summed E-state index contributed by atoms with van der Waals surface area (Å²) in [5.41, 5.74) is 11.2. The van der Waals surface area contributed by atoms with Gasteiger partial charge in [0.25, 0.3) is 0 Å². The molecule has 0 saturated carbocycles. The third kappa shape index (κ3) is 5.81. The molecule has 192 valence electrons. The Labute approximate surface area is 215 Å². The van der Waals surface area contributed by atoms with E-state index in [9.17, 15) is 9.59 Å². The van der Waals surface area contributed by atoms with Crippen molar-refractivity contribution in [2.45, 2.75) is 64.0 Å². The van der Waals surface area contributed by atoms with Gasteiger partial charge < -0.3 is 10.6 Å². The van der Waals surface area contributed by atoms with Gasteiger partial charge in [-0.05, 0) is 80.3 Å². The molecule has 2 N–H and O–H groups in total. The van der Waals surface area contributed by atoms with E-state index < -0.39 is 0 Å². The zero-order chi connectivity index (χ0) is 24.9. The molecule has 0 radical (unpaired) electrons. The molecule has 36 heavy (non-hydrogen) atoms. The Kier molecular flexibility index (Phi) is 8.02. The van der Waals surface area contributed by atoms with Crippen molar-refractivity contribution < 1.29 is 9.59 Å². The number of primary amides is 1. The van der Waals surface area contributed by atoms with Gasteiger partial charge in [0.1, 0.15) is 0 Å². The molecule has 2 aromatic carbocycles. The molecule has 2 saturated heterocycles. The fraction of sp³-hybridized carbons (Fsp3) is 0.533. The van der Waals surface area contributed by atoms with Gasteiger partial charge in [0.15, 0.2) is 0 Å². The SMILES string of the molecule is NC(=O)c1c(CCC(=O)N2CCN(C3CCN(Cc4ccccc4)CC3)CC2)ccc2c1CCCC2.